The lowest BCUT2D eigenvalue weighted by Crippen LogP contribution is -2.31. The summed E-state index contributed by atoms with van der Waals surface area (Å²) in [5, 5.41) is 3.48. The van der Waals surface area contributed by atoms with Gasteiger partial charge in [-0.25, -0.2) is 4.98 Å². The normalized spacial score (nSPS) is 29.6. The molecule has 4 aliphatic rings. The standard InChI is InChI=1S/C25H24N4O2/c1-16-27-23-8-5-18(9-24(23)31-16)17-3-2-4-21-6-7-22(15-29(21)25(30)10-17)28-13-19-11-26-12-20(19)14-28/h2-10,15,19-20,26H,11-14H2,1H3/b3-2+,17-10+,21-4+/t19-,20+. The number of nitrogens with one attached hydrogen (secondary N) is 1. The molecule has 6 rings (SSSR count). The van der Waals surface area contributed by atoms with Crippen molar-refractivity contribution in [2.24, 2.45) is 11.8 Å². The molecule has 1 aromatic carbocycles. The van der Waals surface area contributed by atoms with Crippen molar-refractivity contribution in [3.8, 4) is 0 Å². The molecule has 6 heteroatoms. The molecule has 2 atom stereocenters. The van der Waals surface area contributed by atoms with Gasteiger partial charge in [0, 0.05) is 51.1 Å². The van der Waals surface area contributed by atoms with Gasteiger partial charge < -0.3 is 14.6 Å². The highest BCUT2D eigenvalue weighted by Crippen LogP contribution is 2.32. The summed E-state index contributed by atoms with van der Waals surface area (Å²) in [6, 6.07) is 5.86. The molecule has 6 nitrogen and oxygen atoms in total. The van der Waals surface area contributed by atoms with E-state index in [1.54, 1.807) is 11.0 Å². The molecular formula is C25H24N4O2. The smallest absolute Gasteiger partial charge is 0.255 e. The number of likely N-dealkylation sites (tertiary alicyclic amines) is 1. The Hall–Kier alpha value is -3.38. The first-order valence-corrected chi connectivity index (χ1v) is 10.8. The van der Waals surface area contributed by atoms with Crippen LogP contribution in [-0.4, -0.2) is 46.9 Å². The molecule has 0 spiro atoms. The Morgan fingerprint density at radius 1 is 1.10 bits per heavy atom. The van der Waals surface area contributed by atoms with Gasteiger partial charge in [-0.3, -0.25) is 9.69 Å². The van der Waals surface area contributed by atoms with Crippen LogP contribution in [0.2, 0.25) is 0 Å². The van der Waals surface area contributed by atoms with Crippen LogP contribution in [0, 0.1) is 18.8 Å². The first-order chi connectivity index (χ1) is 15.1. The van der Waals surface area contributed by atoms with Gasteiger partial charge in [-0.05, 0) is 53.3 Å². The second-order valence-corrected chi connectivity index (χ2v) is 8.64. The zero-order valence-corrected chi connectivity index (χ0v) is 17.4. The molecule has 5 heterocycles. The number of nitrogens with zero attached hydrogens (tertiary/aromatic N) is 3. The van der Waals surface area contributed by atoms with E-state index in [9.17, 15) is 4.79 Å². The fourth-order valence-corrected chi connectivity index (χ4v) is 4.98. The van der Waals surface area contributed by atoms with E-state index in [1.165, 1.54) is 0 Å². The molecule has 0 radical (unpaired) electrons. The van der Waals surface area contributed by atoms with Crippen molar-refractivity contribution in [3.63, 3.8) is 0 Å². The molecular weight excluding hydrogens is 388 g/mol. The predicted molar refractivity (Wildman–Crippen MR) is 119 cm³/mol. The third-order valence-electron chi connectivity index (χ3n) is 6.61. The Morgan fingerprint density at radius 2 is 1.90 bits per heavy atom. The van der Waals surface area contributed by atoms with Gasteiger partial charge >= 0.3 is 0 Å². The van der Waals surface area contributed by atoms with Gasteiger partial charge in [0.25, 0.3) is 5.91 Å². The van der Waals surface area contributed by atoms with Gasteiger partial charge in [0.2, 0.25) is 0 Å². The van der Waals surface area contributed by atoms with Crippen LogP contribution in [-0.2, 0) is 4.79 Å². The van der Waals surface area contributed by atoms with Gasteiger partial charge in [-0.2, -0.15) is 0 Å². The number of carbonyl (C=O) groups excluding carboxylic acids is 1. The molecule has 1 amide bonds. The lowest BCUT2D eigenvalue weighted by atomic mass is 10.0. The number of aryl methyl sites for hydroxylation is 1. The van der Waals surface area contributed by atoms with E-state index in [1.807, 2.05) is 55.6 Å². The summed E-state index contributed by atoms with van der Waals surface area (Å²) < 4.78 is 5.67. The molecule has 0 saturated carbocycles. The fourth-order valence-electron chi connectivity index (χ4n) is 4.98. The van der Waals surface area contributed by atoms with Gasteiger partial charge in [-0.15, -0.1) is 0 Å². The monoisotopic (exact) mass is 412 g/mol. The summed E-state index contributed by atoms with van der Waals surface area (Å²) in [6.07, 6.45) is 13.8. The van der Waals surface area contributed by atoms with Crippen molar-refractivity contribution in [2.45, 2.75) is 6.92 Å². The topological polar surface area (TPSA) is 61.6 Å². The minimum Gasteiger partial charge on any atom is -0.441 e. The second kappa shape index (κ2) is 7.10. The number of aromatic nitrogens is 1. The van der Waals surface area contributed by atoms with Crippen molar-refractivity contribution in [1.29, 1.82) is 0 Å². The summed E-state index contributed by atoms with van der Waals surface area (Å²) in [7, 11) is 0. The minimum atomic E-state index is -0.0534. The quantitative estimate of drug-likeness (QED) is 0.820. The van der Waals surface area contributed by atoms with E-state index >= 15 is 0 Å². The van der Waals surface area contributed by atoms with E-state index in [-0.39, 0.29) is 5.91 Å². The van der Waals surface area contributed by atoms with E-state index in [4.69, 9.17) is 4.42 Å². The van der Waals surface area contributed by atoms with Gasteiger partial charge in [0.05, 0.1) is 5.70 Å². The number of benzene rings is 1. The van der Waals surface area contributed by atoms with Gasteiger partial charge in [0.1, 0.15) is 5.52 Å². The molecule has 31 heavy (non-hydrogen) atoms. The number of oxazole rings is 1. The molecule has 0 aliphatic carbocycles. The Bertz CT molecular complexity index is 1220. The Kier molecular flexibility index (Phi) is 4.21. The number of hydrogen-bond acceptors (Lipinski definition) is 5. The maximum atomic E-state index is 13.2. The zero-order valence-electron chi connectivity index (χ0n) is 17.4. The highest BCUT2D eigenvalue weighted by atomic mass is 16.3. The summed E-state index contributed by atoms with van der Waals surface area (Å²) in [5.74, 6) is 2.00. The first-order valence-electron chi connectivity index (χ1n) is 10.8. The molecule has 0 bridgehead atoms. The summed E-state index contributed by atoms with van der Waals surface area (Å²) in [4.78, 5) is 21.8. The van der Waals surface area contributed by atoms with E-state index in [2.05, 4.69) is 21.3 Å². The molecule has 4 aliphatic heterocycles. The van der Waals surface area contributed by atoms with E-state index in [0.717, 1.165) is 59.8 Å². The van der Waals surface area contributed by atoms with Crippen LogP contribution in [0.5, 0.6) is 0 Å². The fraction of sp³-hybridized carbons (Fsp3) is 0.280. The molecule has 0 unspecified atom stereocenters. The minimum absolute atomic E-state index is 0.0534. The lowest BCUT2D eigenvalue weighted by Gasteiger charge is -2.29. The number of hydrogen-bond donors (Lipinski definition) is 1. The highest BCUT2D eigenvalue weighted by molar-refractivity contribution is 6.00. The molecule has 156 valence electrons. The summed E-state index contributed by atoms with van der Waals surface area (Å²) in [6.45, 7) is 6.12. The number of carbonyl (C=O) groups is 1. The van der Waals surface area contributed by atoms with Crippen LogP contribution in [0.4, 0.5) is 0 Å². The van der Waals surface area contributed by atoms with Gasteiger partial charge in [0.15, 0.2) is 11.5 Å². The number of amides is 1. The van der Waals surface area contributed by atoms with Crippen LogP contribution in [0.1, 0.15) is 11.5 Å². The number of fused-ring (bicyclic) bond motifs is 3. The predicted octanol–water partition coefficient (Wildman–Crippen LogP) is 3.36. The van der Waals surface area contributed by atoms with Crippen molar-refractivity contribution in [1.82, 2.24) is 20.1 Å². The Balaban J connectivity index is 1.31. The Morgan fingerprint density at radius 3 is 2.74 bits per heavy atom. The molecule has 1 aromatic heterocycles. The van der Waals surface area contributed by atoms with Gasteiger partial charge in [-0.1, -0.05) is 18.2 Å². The van der Waals surface area contributed by atoms with Crippen molar-refractivity contribution in [2.75, 3.05) is 26.2 Å². The van der Waals surface area contributed by atoms with E-state index in [0.29, 0.717) is 17.7 Å². The third-order valence-corrected chi connectivity index (χ3v) is 6.61. The third kappa shape index (κ3) is 3.24. The Labute approximate surface area is 180 Å². The maximum absolute atomic E-state index is 13.2. The molecule has 2 fully saturated rings. The van der Waals surface area contributed by atoms with Crippen molar-refractivity contribution >= 4 is 22.6 Å². The molecule has 2 aromatic rings. The highest BCUT2D eigenvalue weighted by Gasteiger charge is 2.37. The second-order valence-electron chi connectivity index (χ2n) is 8.64. The molecule has 2 saturated heterocycles. The first kappa shape index (κ1) is 18.4. The van der Waals surface area contributed by atoms with Crippen LogP contribution >= 0.6 is 0 Å². The SMILES string of the molecule is Cc1nc2ccc(C3=C\C(=O)N4C=C(N5C[C@H]6CNC[C@H]6C5)C=C\C4=C/C=C/3)cc2o1. The largest absolute Gasteiger partial charge is 0.441 e. The van der Waals surface area contributed by atoms with Crippen molar-refractivity contribution < 1.29 is 9.21 Å². The van der Waals surface area contributed by atoms with Crippen LogP contribution in [0.25, 0.3) is 16.7 Å². The van der Waals surface area contributed by atoms with Crippen LogP contribution < -0.4 is 5.32 Å². The summed E-state index contributed by atoms with van der Waals surface area (Å²) >= 11 is 0. The van der Waals surface area contributed by atoms with Crippen molar-refractivity contribution in [3.05, 3.63) is 83.7 Å². The lowest BCUT2D eigenvalue weighted by molar-refractivity contribution is -0.122. The zero-order chi connectivity index (χ0) is 20.9. The average molecular weight is 412 g/mol. The van der Waals surface area contributed by atoms with Crippen LogP contribution in [0.3, 0.4) is 0 Å². The van der Waals surface area contributed by atoms with Crippen LogP contribution in [0.15, 0.2) is 76.7 Å². The average Bonchev–Trinajstić information content (AvgIpc) is 3.44. The number of rotatable bonds is 2. The number of allylic oxidation sites excluding steroid dienone is 6. The summed E-state index contributed by atoms with van der Waals surface area (Å²) in [5.41, 5.74) is 5.32. The molecule has 1 N–H and O–H groups in total. The maximum Gasteiger partial charge on any atom is 0.255 e. The van der Waals surface area contributed by atoms with E-state index < -0.39 is 0 Å².